The van der Waals surface area contributed by atoms with Gasteiger partial charge in [-0.3, -0.25) is 24.2 Å². The van der Waals surface area contributed by atoms with Crippen LogP contribution in [-0.4, -0.2) is 86.0 Å². The monoisotopic (exact) mass is 605 g/mol. The molecule has 3 saturated carbocycles. The maximum atomic E-state index is 14.8. The summed E-state index contributed by atoms with van der Waals surface area (Å²) in [5.41, 5.74) is -1.26. The van der Waals surface area contributed by atoms with Gasteiger partial charge in [0.1, 0.15) is 22.8 Å². The number of likely N-dealkylation sites (N-methyl/N-ethyl adjacent to an activating group) is 1. The minimum absolute atomic E-state index is 0.0821. The summed E-state index contributed by atoms with van der Waals surface area (Å²) >= 11 is 0. The first-order valence-electron chi connectivity index (χ1n) is 14.3. The lowest BCUT2D eigenvalue weighted by Crippen LogP contribution is -2.65. The third-order valence-corrected chi connectivity index (χ3v) is 10.4. The zero-order valence-electron chi connectivity index (χ0n) is 24.0. The molecule has 6 rings (SSSR count). The molecule has 0 saturated heterocycles. The van der Waals surface area contributed by atoms with Gasteiger partial charge in [0.25, 0.3) is 5.91 Å². The normalized spacial score (nSPS) is 30.0. The van der Waals surface area contributed by atoms with Gasteiger partial charge in [0.2, 0.25) is 5.78 Å². The molecule has 1 aromatic carbocycles. The van der Waals surface area contributed by atoms with Gasteiger partial charge in [-0.05, 0) is 88.7 Å². The summed E-state index contributed by atoms with van der Waals surface area (Å²) < 4.78 is 44.4. The van der Waals surface area contributed by atoms with E-state index in [-0.39, 0.29) is 29.6 Å². The van der Waals surface area contributed by atoms with E-state index < -0.39 is 93.1 Å². The van der Waals surface area contributed by atoms with Crippen LogP contribution >= 0.6 is 0 Å². The molecule has 1 aromatic rings. The molecule has 3 fully saturated rings. The molecular formula is C30H34F3N3O7. The molecule has 6 N–H and O–H groups in total. The SMILES string of the molecule is CN(C)[C@@H]1C(=O)C(C(N)=O)=C(O)[C@@]2(O)C(=O)C3=C(O)c4c(O)cc(CN(C)C5(C6CC6)CC5)c(C(F)(F)F)c4C[C@H]3C[C@@H]12. The lowest BCUT2D eigenvalue weighted by molar-refractivity contribution is -0.153. The van der Waals surface area contributed by atoms with Crippen molar-refractivity contribution in [2.24, 2.45) is 23.5 Å². The van der Waals surface area contributed by atoms with E-state index in [1.165, 1.54) is 19.0 Å². The number of primary amides is 1. The Morgan fingerprint density at radius 3 is 2.26 bits per heavy atom. The Morgan fingerprint density at radius 2 is 1.74 bits per heavy atom. The fourth-order valence-electron chi connectivity index (χ4n) is 8.12. The number of Topliss-reactive ketones (excluding diaryl/α,β-unsaturated/α-hetero) is 2. The third-order valence-electron chi connectivity index (χ3n) is 10.4. The predicted molar refractivity (Wildman–Crippen MR) is 145 cm³/mol. The van der Waals surface area contributed by atoms with Crippen LogP contribution in [0.15, 0.2) is 23.0 Å². The Balaban J connectivity index is 1.51. The molecule has 0 heterocycles. The fraction of sp³-hybridized carbons (Fsp3) is 0.567. The van der Waals surface area contributed by atoms with Crippen LogP contribution in [0.5, 0.6) is 5.75 Å². The summed E-state index contributed by atoms with van der Waals surface area (Å²) in [5.74, 6) is -8.49. The number of phenols is 1. The lowest BCUT2D eigenvalue weighted by atomic mass is 9.57. The molecule has 232 valence electrons. The molecule has 0 radical (unpaired) electrons. The summed E-state index contributed by atoms with van der Waals surface area (Å²) in [6.07, 6.45) is -1.76. The number of aliphatic hydroxyl groups excluding tert-OH is 2. The zero-order valence-corrected chi connectivity index (χ0v) is 24.0. The van der Waals surface area contributed by atoms with Gasteiger partial charge < -0.3 is 26.2 Å². The van der Waals surface area contributed by atoms with Crippen LogP contribution in [0.3, 0.4) is 0 Å². The number of phenolic OH excluding ortho intramolecular Hbond substituents is 1. The van der Waals surface area contributed by atoms with Crippen molar-refractivity contribution in [1.82, 2.24) is 9.80 Å². The fourth-order valence-corrected chi connectivity index (χ4v) is 8.12. The van der Waals surface area contributed by atoms with Crippen LogP contribution in [-0.2, 0) is 33.5 Å². The first kappa shape index (κ1) is 29.6. The van der Waals surface area contributed by atoms with Crippen molar-refractivity contribution in [3.8, 4) is 5.75 Å². The molecule has 5 aliphatic carbocycles. The van der Waals surface area contributed by atoms with E-state index in [0.29, 0.717) is 5.92 Å². The maximum Gasteiger partial charge on any atom is 0.417 e. The number of hydrogen-bond donors (Lipinski definition) is 5. The van der Waals surface area contributed by atoms with Gasteiger partial charge in [0, 0.05) is 23.6 Å². The Labute approximate surface area is 245 Å². The predicted octanol–water partition coefficient (Wildman–Crippen LogP) is 2.36. The Hall–Kier alpha value is -3.42. The van der Waals surface area contributed by atoms with Gasteiger partial charge in [0.15, 0.2) is 11.4 Å². The van der Waals surface area contributed by atoms with E-state index in [0.717, 1.165) is 31.7 Å². The summed E-state index contributed by atoms with van der Waals surface area (Å²) in [6.45, 7) is -0.0821. The van der Waals surface area contributed by atoms with E-state index in [1.54, 1.807) is 7.05 Å². The summed E-state index contributed by atoms with van der Waals surface area (Å²) in [7, 11) is 4.68. The van der Waals surface area contributed by atoms with Gasteiger partial charge in [-0.1, -0.05) is 0 Å². The number of carbonyl (C=O) groups is 3. The van der Waals surface area contributed by atoms with Crippen molar-refractivity contribution < 1.29 is 48.0 Å². The number of benzene rings is 1. The van der Waals surface area contributed by atoms with Crippen LogP contribution in [0.2, 0.25) is 0 Å². The molecule has 0 aromatic heterocycles. The Bertz CT molecular complexity index is 1540. The molecule has 1 amide bonds. The van der Waals surface area contributed by atoms with Crippen LogP contribution in [0.4, 0.5) is 13.2 Å². The highest BCUT2D eigenvalue weighted by Crippen LogP contribution is 2.58. The quantitative estimate of drug-likeness (QED) is 0.306. The van der Waals surface area contributed by atoms with Crippen LogP contribution in [0, 0.1) is 17.8 Å². The minimum atomic E-state index is -4.87. The van der Waals surface area contributed by atoms with Gasteiger partial charge in [0.05, 0.1) is 17.2 Å². The zero-order chi connectivity index (χ0) is 31.5. The smallest absolute Gasteiger partial charge is 0.417 e. The van der Waals surface area contributed by atoms with Crippen molar-refractivity contribution in [3.63, 3.8) is 0 Å². The van der Waals surface area contributed by atoms with Crippen molar-refractivity contribution in [2.75, 3.05) is 21.1 Å². The maximum absolute atomic E-state index is 14.8. The largest absolute Gasteiger partial charge is 0.508 e. The lowest BCUT2D eigenvalue weighted by Gasteiger charge is -2.50. The summed E-state index contributed by atoms with van der Waals surface area (Å²) in [6, 6.07) is -0.363. The Kier molecular flexibility index (Phi) is 6.40. The van der Waals surface area contributed by atoms with Crippen molar-refractivity contribution in [2.45, 2.75) is 68.4 Å². The number of hydrogen-bond acceptors (Lipinski definition) is 9. The van der Waals surface area contributed by atoms with Gasteiger partial charge in [-0.15, -0.1) is 0 Å². The van der Waals surface area contributed by atoms with Crippen molar-refractivity contribution >= 4 is 23.2 Å². The molecule has 0 unspecified atom stereocenters. The number of amides is 1. The first-order valence-corrected chi connectivity index (χ1v) is 14.3. The third kappa shape index (κ3) is 4.07. The van der Waals surface area contributed by atoms with Crippen LogP contribution in [0.1, 0.15) is 54.4 Å². The van der Waals surface area contributed by atoms with E-state index >= 15 is 0 Å². The second kappa shape index (κ2) is 9.29. The standard InChI is InChI=1S/C30H34F3N3O7/c1-35(2)22-16-9-12-8-15-19(23(38)18(12)25(40)29(16,43)26(41)20(24(22)39)27(34)42)17(37)10-13(21(15)30(31,32)33)11-36(3)28(6-7-28)14-4-5-14/h10,12,14,16,22,37-38,41,43H,4-9,11H2,1-3H3,(H2,34,42)/t12-,16-,22-,29-/m0/s1. The second-order valence-electron chi connectivity index (χ2n) is 13.0. The van der Waals surface area contributed by atoms with E-state index in [1.807, 2.05) is 4.90 Å². The summed E-state index contributed by atoms with van der Waals surface area (Å²) in [5, 5.41) is 44.9. The topological polar surface area (TPSA) is 165 Å². The van der Waals surface area contributed by atoms with E-state index in [2.05, 4.69) is 0 Å². The van der Waals surface area contributed by atoms with Gasteiger partial charge in [-0.25, -0.2) is 0 Å². The minimum Gasteiger partial charge on any atom is -0.508 e. The number of aliphatic hydroxyl groups is 3. The highest BCUT2D eigenvalue weighted by molar-refractivity contribution is 6.24. The summed E-state index contributed by atoms with van der Waals surface area (Å²) in [4.78, 5) is 42.5. The average molecular weight is 606 g/mol. The number of nitrogens with zero attached hydrogens (tertiary/aromatic N) is 2. The molecule has 0 bridgehead atoms. The molecule has 5 aliphatic rings. The molecule has 0 aliphatic heterocycles. The first-order chi connectivity index (χ1) is 20.0. The molecule has 10 nitrogen and oxygen atoms in total. The van der Waals surface area contributed by atoms with Crippen LogP contribution < -0.4 is 5.73 Å². The second-order valence-corrected chi connectivity index (χ2v) is 13.0. The number of ketones is 2. The number of halogens is 3. The number of aromatic hydroxyl groups is 1. The molecule has 4 atom stereocenters. The highest BCUT2D eigenvalue weighted by atomic mass is 19.4. The van der Waals surface area contributed by atoms with Crippen LogP contribution in [0.25, 0.3) is 5.76 Å². The highest BCUT2D eigenvalue weighted by Gasteiger charge is 2.64. The van der Waals surface area contributed by atoms with Gasteiger partial charge in [-0.2, -0.15) is 13.2 Å². The number of carbonyl (C=O) groups excluding carboxylic acids is 3. The van der Waals surface area contributed by atoms with Crippen molar-refractivity contribution in [1.29, 1.82) is 0 Å². The van der Waals surface area contributed by atoms with Crippen molar-refractivity contribution in [3.05, 3.63) is 45.2 Å². The number of alkyl halides is 3. The number of fused-ring (bicyclic) bond motifs is 3. The Morgan fingerprint density at radius 1 is 1.12 bits per heavy atom. The average Bonchev–Trinajstić information content (AvgIpc) is 3.77. The van der Waals surface area contributed by atoms with Gasteiger partial charge >= 0.3 is 6.18 Å². The molecule has 43 heavy (non-hydrogen) atoms. The number of nitrogens with two attached hydrogens (primary N) is 1. The molecule has 0 spiro atoms. The number of rotatable bonds is 6. The van der Waals surface area contributed by atoms with E-state index in [4.69, 9.17) is 5.73 Å². The van der Waals surface area contributed by atoms with E-state index in [9.17, 15) is 48.0 Å². The molecule has 13 heteroatoms. The molecular weight excluding hydrogens is 571 g/mol.